The van der Waals surface area contributed by atoms with Gasteiger partial charge in [0.15, 0.2) is 0 Å². The highest BCUT2D eigenvalue weighted by atomic mass is 35.5. The monoisotopic (exact) mass is 431 g/mol. The van der Waals surface area contributed by atoms with Crippen LogP contribution < -0.4 is 16.1 Å². The van der Waals surface area contributed by atoms with Crippen molar-refractivity contribution in [1.82, 2.24) is 9.99 Å². The summed E-state index contributed by atoms with van der Waals surface area (Å²) >= 11 is 6.11. The molecule has 0 spiro atoms. The van der Waals surface area contributed by atoms with E-state index in [2.05, 4.69) is 16.1 Å². The van der Waals surface area contributed by atoms with E-state index in [9.17, 15) is 14.4 Å². The molecule has 2 aromatic rings. The number of amides is 3. The number of aromatic nitrogens is 1. The van der Waals surface area contributed by atoms with Gasteiger partial charge in [-0.05, 0) is 52.0 Å². The Balaban J connectivity index is 1.99. The topological polar surface area (TPSA) is 125 Å². The van der Waals surface area contributed by atoms with Crippen LogP contribution in [0.5, 0.6) is 0 Å². The van der Waals surface area contributed by atoms with Crippen molar-refractivity contribution in [3.63, 3.8) is 0 Å². The average Bonchev–Trinajstić information content (AvgIpc) is 3.00. The van der Waals surface area contributed by atoms with Crippen LogP contribution in [0.15, 0.2) is 36.7 Å². The van der Waals surface area contributed by atoms with Gasteiger partial charge < -0.3 is 15.4 Å². The fraction of sp³-hybridized carbons (Fsp3) is 0.300. The summed E-state index contributed by atoms with van der Waals surface area (Å²) in [5.41, 5.74) is 2.91. The Labute approximate surface area is 178 Å². The highest BCUT2D eigenvalue weighted by molar-refractivity contribution is 6.34. The summed E-state index contributed by atoms with van der Waals surface area (Å²) < 4.78 is 6.33. The van der Waals surface area contributed by atoms with Crippen LogP contribution in [0.2, 0.25) is 5.02 Å². The van der Waals surface area contributed by atoms with E-state index < -0.39 is 29.6 Å². The summed E-state index contributed by atoms with van der Waals surface area (Å²) in [7, 11) is 0. The van der Waals surface area contributed by atoms with Gasteiger partial charge in [0.1, 0.15) is 11.6 Å². The van der Waals surface area contributed by atoms with Gasteiger partial charge in [0.2, 0.25) is 0 Å². The quantitative estimate of drug-likeness (QED) is 0.670. The Hall–Kier alpha value is -3.51. The Morgan fingerprint density at radius 1 is 1.17 bits per heavy atom. The molecule has 9 nitrogen and oxygen atoms in total. The number of benzene rings is 1. The maximum absolute atomic E-state index is 12.4. The van der Waals surface area contributed by atoms with Crippen molar-refractivity contribution in [2.24, 2.45) is 0 Å². The fourth-order valence-electron chi connectivity index (χ4n) is 2.26. The van der Waals surface area contributed by atoms with Crippen LogP contribution in [0, 0.1) is 11.3 Å². The molecule has 2 rings (SSSR count). The van der Waals surface area contributed by atoms with E-state index in [0.29, 0.717) is 11.3 Å². The fourth-order valence-corrected chi connectivity index (χ4v) is 2.50. The molecule has 3 N–H and O–H groups in total. The maximum atomic E-state index is 12.4. The van der Waals surface area contributed by atoms with Crippen LogP contribution in [0.1, 0.15) is 43.6 Å². The number of alkyl carbamates (subject to hydrolysis) is 1. The standard InChI is InChI=1S/C20H22ClN5O4/c1-12(23-19(29)30-20(2,3)4)17(27)25-26-10-15(16(21)11-26)18(28)24-14-7-5-13(9-22)6-8-14/h5-8,10-12H,1-4H3,(H,23,29)(H,24,28)(H,25,27)/t12-/m0/s1. The van der Waals surface area contributed by atoms with Crippen LogP contribution in [0.25, 0.3) is 0 Å². The molecular weight excluding hydrogens is 410 g/mol. The number of carbonyl (C=O) groups is 3. The van der Waals surface area contributed by atoms with Crippen molar-refractivity contribution < 1.29 is 19.1 Å². The van der Waals surface area contributed by atoms with Crippen molar-refractivity contribution in [3.05, 3.63) is 52.8 Å². The molecule has 0 fully saturated rings. The third-order valence-corrected chi connectivity index (χ3v) is 3.96. The summed E-state index contributed by atoms with van der Waals surface area (Å²) in [6.45, 7) is 6.62. The number of hydrogen-bond acceptors (Lipinski definition) is 5. The molecule has 1 aromatic carbocycles. The normalized spacial score (nSPS) is 11.7. The van der Waals surface area contributed by atoms with Crippen LogP contribution >= 0.6 is 11.6 Å². The summed E-state index contributed by atoms with van der Waals surface area (Å²) in [5, 5.41) is 14.0. The SMILES string of the molecule is C[C@H](NC(=O)OC(C)(C)C)C(=O)Nn1cc(Cl)c(C(=O)Nc2ccc(C#N)cc2)c1. The molecule has 3 amide bonds. The van der Waals surface area contributed by atoms with Crippen molar-refractivity contribution in [1.29, 1.82) is 5.26 Å². The van der Waals surface area contributed by atoms with Crippen molar-refractivity contribution in [2.75, 3.05) is 10.7 Å². The third-order valence-electron chi connectivity index (χ3n) is 3.66. The second kappa shape index (κ2) is 9.33. The lowest BCUT2D eigenvalue weighted by Gasteiger charge is -2.21. The van der Waals surface area contributed by atoms with Gasteiger partial charge in [-0.25, -0.2) is 4.79 Å². The summed E-state index contributed by atoms with van der Waals surface area (Å²) in [6, 6.07) is 7.42. The van der Waals surface area contributed by atoms with Crippen molar-refractivity contribution in [2.45, 2.75) is 39.3 Å². The first-order valence-corrected chi connectivity index (χ1v) is 9.35. The average molecular weight is 432 g/mol. The molecule has 158 valence electrons. The van der Waals surface area contributed by atoms with Gasteiger partial charge >= 0.3 is 6.09 Å². The number of anilines is 1. The van der Waals surface area contributed by atoms with Crippen LogP contribution in [-0.4, -0.2) is 34.2 Å². The zero-order valence-electron chi connectivity index (χ0n) is 16.9. The van der Waals surface area contributed by atoms with E-state index >= 15 is 0 Å². The van der Waals surface area contributed by atoms with E-state index in [1.807, 2.05) is 6.07 Å². The molecular formula is C20H22ClN5O4. The number of carbonyl (C=O) groups excluding carboxylic acids is 3. The first-order valence-electron chi connectivity index (χ1n) is 8.98. The predicted molar refractivity (Wildman–Crippen MR) is 112 cm³/mol. The van der Waals surface area contributed by atoms with E-state index in [1.54, 1.807) is 45.0 Å². The summed E-state index contributed by atoms with van der Waals surface area (Å²) in [6.07, 6.45) is 1.98. The Morgan fingerprint density at radius 2 is 1.80 bits per heavy atom. The minimum Gasteiger partial charge on any atom is -0.444 e. The van der Waals surface area contributed by atoms with Crippen molar-refractivity contribution >= 4 is 35.2 Å². The number of hydrogen-bond donors (Lipinski definition) is 3. The van der Waals surface area contributed by atoms with Gasteiger partial charge in [-0.3, -0.25) is 19.7 Å². The van der Waals surface area contributed by atoms with Crippen LogP contribution in [0.4, 0.5) is 10.5 Å². The Morgan fingerprint density at radius 3 is 2.37 bits per heavy atom. The maximum Gasteiger partial charge on any atom is 0.408 e. The molecule has 0 saturated carbocycles. The van der Waals surface area contributed by atoms with Gasteiger partial charge in [0.25, 0.3) is 11.8 Å². The molecule has 0 saturated heterocycles. The molecule has 0 aliphatic rings. The molecule has 0 bridgehead atoms. The predicted octanol–water partition coefficient (Wildman–Crippen LogP) is 3.25. The highest BCUT2D eigenvalue weighted by Crippen LogP contribution is 2.19. The zero-order valence-corrected chi connectivity index (χ0v) is 17.7. The van der Waals surface area contributed by atoms with Crippen LogP contribution in [0.3, 0.4) is 0 Å². The highest BCUT2D eigenvalue weighted by Gasteiger charge is 2.22. The minimum absolute atomic E-state index is 0.120. The lowest BCUT2D eigenvalue weighted by molar-refractivity contribution is -0.118. The van der Waals surface area contributed by atoms with Gasteiger partial charge in [0, 0.05) is 18.1 Å². The molecule has 0 aliphatic heterocycles. The number of rotatable bonds is 5. The number of nitrogens with one attached hydrogen (secondary N) is 3. The van der Waals surface area contributed by atoms with Gasteiger partial charge in [-0.15, -0.1) is 0 Å². The van der Waals surface area contributed by atoms with Crippen molar-refractivity contribution in [3.8, 4) is 6.07 Å². The zero-order chi connectivity index (χ0) is 22.5. The van der Waals surface area contributed by atoms with Gasteiger partial charge in [0.05, 0.1) is 22.2 Å². The largest absolute Gasteiger partial charge is 0.444 e. The lowest BCUT2D eigenvalue weighted by Crippen LogP contribution is -2.45. The van der Waals surface area contributed by atoms with Gasteiger partial charge in [-0.2, -0.15) is 5.26 Å². The third kappa shape index (κ3) is 6.53. The van der Waals surface area contributed by atoms with E-state index in [4.69, 9.17) is 21.6 Å². The number of halogens is 1. The smallest absolute Gasteiger partial charge is 0.408 e. The minimum atomic E-state index is -0.892. The summed E-state index contributed by atoms with van der Waals surface area (Å²) in [4.78, 5) is 36.5. The molecule has 1 heterocycles. The number of nitriles is 1. The second-order valence-electron chi connectivity index (χ2n) is 7.41. The molecule has 1 aromatic heterocycles. The molecule has 1 atom stereocenters. The molecule has 10 heteroatoms. The number of ether oxygens (including phenoxy) is 1. The Kier molecular flexibility index (Phi) is 7.08. The first kappa shape index (κ1) is 22.8. The van der Waals surface area contributed by atoms with E-state index in [0.717, 1.165) is 0 Å². The Bertz CT molecular complexity index is 986. The summed E-state index contributed by atoms with van der Waals surface area (Å²) in [5.74, 6) is -1.02. The molecule has 0 unspecified atom stereocenters. The first-order chi connectivity index (χ1) is 14.0. The molecule has 0 aliphatic carbocycles. The second-order valence-corrected chi connectivity index (χ2v) is 7.82. The van der Waals surface area contributed by atoms with E-state index in [-0.39, 0.29) is 10.6 Å². The molecule has 0 radical (unpaired) electrons. The van der Waals surface area contributed by atoms with E-state index in [1.165, 1.54) is 24.0 Å². The molecule has 30 heavy (non-hydrogen) atoms. The van der Waals surface area contributed by atoms with Gasteiger partial charge in [-0.1, -0.05) is 11.6 Å². The van der Waals surface area contributed by atoms with Crippen LogP contribution in [-0.2, 0) is 9.53 Å². The lowest BCUT2D eigenvalue weighted by atomic mass is 10.2. The number of nitrogens with zero attached hydrogens (tertiary/aromatic N) is 2.